The first-order valence-corrected chi connectivity index (χ1v) is 18.2. The average Bonchev–Trinajstić information content (AvgIpc) is 4.02. The molecule has 2 saturated heterocycles. The van der Waals surface area contributed by atoms with Crippen LogP contribution in [0.1, 0.15) is 71.4 Å². The van der Waals surface area contributed by atoms with Gasteiger partial charge in [-0.1, -0.05) is 91.0 Å². The number of rotatable bonds is 9. The monoisotopic (exact) mass is 707 g/mol. The Hall–Kier alpha value is -5.87. The van der Waals surface area contributed by atoms with E-state index in [0.29, 0.717) is 18.9 Å². The van der Waals surface area contributed by atoms with E-state index in [9.17, 15) is 14.0 Å². The molecule has 6 aromatic rings. The average molecular weight is 708 g/mol. The summed E-state index contributed by atoms with van der Waals surface area (Å²) in [6, 6.07) is 32.1. The van der Waals surface area contributed by atoms with E-state index >= 15 is 0 Å². The lowest BCUT2D eigenvalue weighted by molar-refractivity contribution is -0.137. The maximum atomic E-state index is 14.4. The van der Waals surface area contributed by atoms with Crippen molar-refractivity contribution in [1.29, 1.82) is 0 Å². The van der Waals surface area contributed by atoms with Crippen LogP contribution in [0.3, 0.4) is 0 Å². The summed E-state index contributed by atoms with van der Waals surface area (Å²) in [6.07, 6.45) is 7.08. The molecule has 3 atom stereocenters. The molecule has 0 aliphatic carbocycles. The Morgan fingerprint density at radius 1 is 0.679 bits per heavy atom. The molecule has 0 saturated carbocycles. The molecule has 2 N–H and O–H groups in total. The van der Waals surface area contributed by atoms with Gasteiger partial charge in [-0.25, -0.2) is 14.4 Å². The minimum Gasteiger partial charge on any atom is -0.340 e. The number of nitrogens with one attached hydrogen (secondary N) is 2. The zero-order valence-corrected chi connectivity index (χ0v) is 29.9. The van der Waals surface area contributed by atoms with Crippen molar-refractivity contribution in [3.8, 4) is 33.6 Å². The van der Waals surface area contributed by atoms with Gasteiger partial charge in [-0.05, 0) is 79.7 Å². The number of benzene rings is 4. The first kappa shape index (κ1) is 34.2. The largest absolute Gasteiger partial charge is 0.340 e. The first-order valence-electron chi connectivity index (χ1n) is 18.2. The van der Waals surface area contributed by atoms with Gasteiger partial charge in [0.1, 0.15) is 23.5 Å². The summed E-state index contributed by atoms with van der Waals surface area (Å²) in [6.45, 7) is 1.28. The number of H-pyrrole nitrogens is 2. The maximum absolute atomic E-state index is 14.4. The Morgan fingerprint density at radius 3 is 1.72 bits per heavy atom. The molecule has 0 spiro atoms. The fourth-order valence-electron chi connectivity index (χ4n) is 7.84. The summed E-state index contributed by atoms with van der Waals surface area (Å²) in [5.74, 6) is 0.804. The van der Waals surface area contributed by atoms with Crippen molar-refractivity contribution < 1.29 is 14.0 Å². The molecular formula is C43H42FN7O2. The molecule has 2 aliphatic rings. The van der Waals surface area contributed by atoms with Gasteiger partial charge in [0.25, 0.3) is 5.91 Å². The van der Waals surface area contributed by atoms with Crippen molar-refractivity contribution in [3.63, 3.8) is 0 Å². The number of carbonyl (C=O) groups excluding carboxylic acids is 2. The third-order valence-corrected chi connectivity index (χ3v) is 10.6. The molecule has 4 heterocycles. The zero-order valence-electron chi connectivity index (χ0n) is 29.9. The van der Waals surface area contributed by atoms with Gasteiger partial charge in [0.2, 0.25) is 5.91 Å². The summed E-state index contributed by atoms with van der Waals surface area (Å²) < 4.78 is 14.4. The molecule has 2 aliphatic heterocycles. The summed E-state index contributed by atoms with van der Waals surface area (Å²) in [5, 5.41) is 0. The number of carbonyl (C=O) groups is 2. The van der Waals surface area contributed by atoms with E-state index < -0.39 is 5.82 Å². The topological polar surface area (TPSA) is 101 Å². The molecule has 10 heteroatoms. The lowest BCUT2D eigenvalue weighted by atomic mass is 10.0. The molecule has 0 unspecified atom stereocenters. The van der Waals surface area contributed by atoms with Gasteiger partial charge in [-0.15, -0.1) is 0 Å². The molecule has 0 radical (unpaired) electrons. The summed E-state index contributed by atoms with van der Waals surface area (Å²) in [4.78, 5) is 49.1. The number of amides is 2. The van der Waals surface area contributed by atoms with Crippen molar-refractivity contribution >= 4 is 11.8 Å². The van der Waals surface area contributed by atoms with Crippen LogP contribution in [-0.4, -0.2) is 73.6 Å². The molecular weight excluding hydrogens is 666 g/mol. The smallest absolute Gasteiger partial charge is 0.257 e. The number of nitrogens with zero attached hydrogens (tertiary/aromatic N) is 5. The van der Waals surface area contributed by atoms with Crippen LogP contribution in [0.25, 0.3) is 33.6 Å². The minimum atomic E-state index is -0.508. The van der Waals surface area contributed by atoms with Crippen LogP contribution in [0.2, 0.25) is 0 Å². The molecule has 4 aromatic carbocycles. The third-order valence-electron chi connectivity index (χ3n) is 10.6. The molecule has 268 valence electrons. The second-order valence-electron chi connectivity index (χ2n) is 14.1. The van der Waals surface area contributed by atoms with E-state index in [2.05, 4.69) is 63.5 Å². The molecule has 53 heavy (non-hydrogen) atoms. The number of halogens is 1. The van der Waals surface area contributed by atoms with E-state index in [1.807, 2.05) is 60.4 Å². The van der Waals surface area contributed by atoms with Crippen LogP contribution < -0.4 is 0 Å². The molecule has 2 fully saturated rings. The minimum absolute atomic E-state index is 0.0887. The van der Waals surface area contributed by atoms with Crippen molar-refractivity contribution in [2.75, 3.05) is 27.2 Å². The van der Waals surface area contributed by atoms with Crippen LogP contribution in [0, 0.1) is 5.82 Å². The number of imidazole rings is 2. The van der Waals surface area contributed by atoms with Gasteiger partial charge in [0.15, 0.2) is 0 Å². The van der Waals surface area contributed by atoms with Gasteiger partial charge >= 0.3 is 0 Å². The van der Waals surface area contributed by atoms with E-state index in [-0.39, 0.29) is 35.5 Å². The highest BCUT2D eigenvalue weighted by Gasteiger charge is 2.37. The fourth-order valence-corrected chi connectivity index (χ4v) is 7.84. The summed E-state index contributed by atoms with van der Waals surface area (Å²) in [5.41, 5.74) is 7.03. The number of likely N-dealkylation sites (tertiary alicyclic amines) is 2. The van der Waals surface area contributed by atoms with Crippen LogP contribution in [-0.2, 0) is 4.79 Å². The van der Waals surface area contributed by atoms with Crippen LogP contribution in [0.15, 0.2) is 116 Å². The van der Waals surface area contributed by atoms with Crippen LogP contribution >= 0.6 is 0 Å². The van der Waals surface area contributed by atoms with Crippen molar-refractivity contribution in [2.24, 2.45) is 0 Å². The second kappa shape index (κ2) is 14.6. The summed E-state index contributed by atoms with van der Waals surface area (Å²) in [7, 11) is 3.90. The maximum Gasteiger partial charge on any atom is 0.257 e. The number of hydrogen-bond donors (Lipinski definition) is 2. The Bertz CT molecular complexity index is 2210. The zero-order chi connectivity index (χ0) is 36.5. The Balaban J connectivity index is 0.935. The van der Waals surface area contributed by atoms with Gasteiger partial charge in [0, 0.05) is 13.1 Å². The normalized spacial score (nSPS) is 17.8. The van der Waals surface area contributed by atoms with E-state index in [1.165, 1.54) is 12.1 Å². The Labute approximate surface area is 308 Å². The van der Waals surface area contributed by atoms with Crippen molar-refractivity contribution in [3.05, 3.63) is 144 Å². The lowest BCUT2D eigenvalue weighted by Gasteiger charge is -2.31. The van der Waals surface area contributed by atoms with E-state index in [4.69, 9.17) is 4.98 Å². The Kier molecular flexibility index (Phi) is 9.45. The SMILES string of the molecule is CN(C)[C@@H](C(=O)N1CCC[C@H]1c1ncc(-c2ccc(-c3ccc(-c4cnc([C@@H]5CCCN5C(=O)c5ccccc5F)[nH]4)cc3)cc2)[nH]1)c1ccccc1. The number of hydrogen-bond acceptors (Lipinski definition) is 5. The van der Waals surface area contributed by atoms with Gasteiger partial charge in [-0.2, -0.15) is 0 Å². The van der Waals surface area contributed by atoms with Crippen molar-refractivity contribution in [1.82, 2.24) is 34.6 Å². The number of likely N-dealkylation sites (N-methyl/N-ethyl adjacent to an activating group) is 1. The number of aromatic nitrogens is 4. The molecule has 9 nitrogen and oxygen atoms in total. The third kappa shape index (κ3) is 6.78. The first-order chi connectivity index (χ1) is 25.9. The predicted molar refractivity (Wildman–Crippen MR) is 203 cm³/mol. The highest BCUT2D eigenvalue weighted by molar-refractivity contribution is 5.95. The van der Waals surface area contributed by atoms with Crippen LogP contribution in [0.5, 0.6) is 0 Å². The van der Waals surface area contributed by atoms with E-state index in [0.717, 1.165) is 70.7 Å². The van der Waals surface area contributed by atoms with Gasteiger partial charge < -0.3 is 19.8 Å². The fraction of sp³-hybridized carbons (Fsp3) is 0.256. The molecule has 2 amide bonds. The highest BCUT2D eigenvalue weighted by Crippen LogP contribution is 2.36. The second-order valence-corrected chi connectivity index (χ2v) is 14.1. The standard InChI is InChI=1S/C43H42FN7O2/c1-49(2)39(32-10-4-3-5-11-32)43(53)51-25-9-15-38(51)41-46-27-36(48-41)31-22-18-29(19-23-31)28-16-20-30(21-17-28)35-26-45-40(47-35)37-14-8-24-50(37)42(52)33-12-6-7-13-34(33)44/h3-7,10-13,16-23,26-27,37-39H,8-9,14-15,24-25H2,1-2H3,(H,45,47)(H,46,48)/t37-,38-,39+/m0/s1. The van der Waals surface area contributed by atoms with Gasteiger partial charge in [0.05, 0.1) is 41.4 Å². The molecule has 0 bridgehead atoms. The highest BCUT2D eigenvalue weighted by atomic mass is 19.1. The quantitative estimate of drug-likeness (QED) is 0.158. The van der Waals surface area contributed by atoms with Gasteiger partial charge in [-0.3, -0.25) is 14.5 Å². The van der Waals surface area contributed by atoms with Crippen molar-refractivity contribution in [2.45, 2.75) is 43.8 Å². The molecule has 2 aromatic heterocycles. The van der Waals surface area contributed by atoms with Crippen LogP contribution in [0.4, 0.5) is 4.39 Å². The lowest BCUT2D eigenvalue weighted by Crippen LogP contribution is -2.40. The number of aromatic amines is 2. The predicted octanol–water partition coefficient (Wildman–Crippen LogP) is 8.22. The molecule has 8 rings (SSSR count). The summed E-state index contributed by atoms with van der Waals surface area (Å²) >= 11 is 0. The Morgan fingerprint density at radius 2 is 1.17 bits per heavy atom. The van der Waals surface area contributed by atoms with E-state index in [1.54, 1.807) is 23.2 Å².